The number of rotatable bonds is 4. The number of nitrogens with zero attached hydrogens (tertiary/aromatic N) is 2. The van der Waals surface area contributed by atoms with E-state index in [-0.39, 0.29) is 5.91 Å². The Labute approximate surface area is 144 Å². The number of hydrogen-bond donors (Lipinski definition) is 1. The summed E-state index contributed by atoms with van der Waals surface area (Å²) in [6.07, 6.45) is 4.32. The van der Waals surface area contributed by atoms with Gasteiger partial charge in [-0.25, -0.2) is 4.79 Å². The molecule has 0 saturated carbocycles. The number of amides is 1. The zero-order valence-electron chi connectivity index (χ0n) is 13.9. The highest BCUT2D eigenvalue weighted by Gasteiger charge is 2.17. The molecule has 25 heavy (non-hydrogen) atoms. The van der Waals surface area contributed by atoms with E-state index in [0.29, 0.717) is 22.2 Å². The van der Waals surface area contributed by atoms with Crippen molar-refractivity contribution in [3.63, 3.8) is 0 Å². The number of carbonyl (C=O) groups is 2. The van der Waals surface area contributed by atoms with Gasteiger partial charge in [0, 0.05) is 36.6 Å². The number of esters is 1. The molecule has 1 aromatic carbocycles. The minimum absolute atomic E-state index is 0.155. The van der Waals surface area contributed by atoms with E-state index in [9.17, 15) is 9.59 Å². The van der Waals surface area contributed by atoms with Crippen LogP contribution in [0.3, 0.4) is 0 Å². The summed E-state index contributed by atoms with van der Waals surface area (Å²) in [6.45, 7) is 3.23. The fraction of sp³-hybridized carbons (Fsp3) is 0.158. The SMILES string of the molecule is CC(=O)Nc1cccc(C(C)OC(=O)c2ccnc3ccncc23)c1. The van der Waals surface area contributed by atoms with Gasteiger partial charge in [-0.05, 0) is 36.8 Å². The lowest BCUT2D eigenvalue weighted by Gasteiger charge is -2.15. The zero-order chi connectivity index (χ0) is 17.8. The Kier molecular flexibility index (Phi) is 4.70. The molecule has 2 heterocycles. The Morgan fingerprint density at radius 1 is 1.16 bits per heavy atom. The van der Waals surface area contributed by atoms with Gasteiger partial charge < -0.3 is 10.1 Å². The maximum absolute atomic E-state index is 12.6. The summed E-state index contributed by atoms with van der Waals surface area (Å²) in [6, 6.07) is 10.6. The van der Waals surface area contributed by atoms with Gasteiger partial charge in [0.2, 0.25) is 5.91 Å². The molecule has 3 rings (SSSR count). The van der Waals surface area contributed by atoms with Crippen molar-refractivity contribution < 1.29 is 14.3 Å². The van der Waals surface area contributed by atoms with Crippen molar-refractivity contribution >= 4 is 28.5 Å². The number of fused-ring (bicyclic) bond motifs is 1. The van der Waals surface area contributed by atoms with Crippen LogP contribution in [0.2, 0.25) is 0 Å². The lowest BCUT2D eigenvalue weighted by atomic mass is 10.1. The summed E-state index contributed by atoms with van der Waals surface area (Å²) in [5.74, 6) is -0.601. The molecule has 0 aliphatic rings. The molecule has 2 aromatic heterocycles. The first kappa shape index (κ1) is 16.6. The summed E-state index contributed by atoms with van der Waals surface area (Å²) in [5.41, 5.74) is 2.55. The fourth-order valence-electron chi connectivity index (χ4n) is 2.53. The summed E-state index contributed by atoms with van der Waals surface area (Å²) < 4.78 is 5.58. The van der Waals surface area contributed by atoms with Crippen molar-refractivity contribution in [2.45, 2.75) is 20.0 Å². The molecule has 0 radical (unpaired) electrons. The molecule has 0 aliphatic heterocycles. The van der Waals surface area contributed by atoms with Crippen molar-refractivity contribution in [1.29, 1.82) is 0 Å². The van der Waals surface area contributed by atoms with E-state index in [1.165, 1.54) is 6.92 Å². The third kappa shape index (κ3) is 3.80. The number of nitrogens with one attached hydrogen (secondary N) is 1. The lowest BCUT2D eigenvalue weighted by Crippen LogP contribution is -2.11. The molecule has 1 atom stereocenters. The highest BCUT2D eigenvalue weighted by Crippen LogP contribution is 2.23. The molecule has 0 aliphatic carbocycles. The molecule has 0 saturated heterocycles. The summed E-state index contributed by atoms with van der Waals surface area (Å²) >= 11 is 0. The van der Waals surface area contributed by atoms with Crippen LogP contribution >= 0.6 is 0 Å². The molecule has 1 unspecified atom stereocenters. The Morgan fingerprint density at radius 2 is 2.00 bits per heavy atom. The van der Waals surface area contributed by atoms with Crippen LogP contribution in [0.1, 0.15) is 35.9 Å². The zero-order valence-corrected chi connectivity index (χ0v) is 13.9. The second kappa shape index (κ2) is 7.09. The van der Waals surface area contributed by atoms with Gasteiger partial charge in [0.1, 0.15) is 6.10 Å². The van der Waals surface area contributed by atoms with Crippen LogP contribution in [0.15, 0.2) is 55.0 Å². The highest BCUT2D eigenvalue weighted by atomic mass is 16.5. The number of hydrogen-bond acceptors (Lipinski definition) is 5. The van der Waals surface area contributed by atoms with Gasteiger partial charge in [-0.1, -0.05) is 12.1 Å². The molecular weight excluding hydrogens is 318 g/mol. The van der Waals surface area contributed by atoms with E-state index in [2.05, 4.69) is 15.3 Å². The van der Waals surface area contributed by atoms with E-state index in [1.807, 2.05) is 6.07 Å². The number of aromatic nitrogens is 2. The maximum Gasteiger partial charge on any atom is 0.339 e. The van der Waals surface area contributed by atoms with E-state index < -0.39 is 12.1 Å². The van der Waals surface area contributed by atoms with Gasteiger partial charge in [-0.2, -0.15) is 0 Å². The van der Waals surface area contributed by atoms with Gasteiger partial charge >= 0.3 is 5.97 Å². The molecule has 6 heteroatoms. The summed E-state index contributed by atoms with van der Waals surface area (Å²) in [7, 11) is 0. The molecule has 1 amide bonds. The molecule has 0 spiro atoms. The minimum Gasteiger partial charge on any atom is -0.454 e. The molecule has 126 valence electrons. The molecule has 3 aromatic rings. The molecular formula is C19H17N3O3. The minimum atomic E-state index is -0.471. The summed E-state index contributed by atoms with van der Waals surface area (Å²) in [5, 5.41) is 3.36. The van der Waals surface area contributed by atoms with E-state index in [4.69, 9.17) is 4.74 Å². The number of anilines is 1. The van der Waals surface area contributed by atoms with Crippen molar-refractivity contribution in [3.8, 4) is 0 Å². The van der Waals surface area contributed by atoms with Crippen LogP contribution in [0, 0.1) is 0 Å². The second-order valence-corrected chi connectivity index (χ2v) is 5.61. The van der Waals surface area contributed by atoms with Crippen LogP contribution in [0.25, 0.3) is 10.9 Å². The Morgan fingerprint density at radius 3 is 2.80 bits per heavy atom. The van der Waals surface area contributed by atoms with E-state index in [0.717, 1.165) is 5.56 Å². The van der Waals surface area contributed by atoms with Crippen LogP contribution in [-0.2, 0) is 9.53 Å². The topological polar surface area (TPSA) is 81.2 Å². The second-order valence-electron chi connectivity index (χ2n) is 5.61. The van der Waals surface area contributed by atoms with Crippen LogP contribution in [-0.4, -0.2) is 21.8 Å². The first-order chi connectivity index (χ1) is 12.0. The number of carbonyl (C=O) groups excluding carboxylic acids is 2. The molecule has 1 N–H and O–H groups in total. The smallest absolute Gasteiger partial charge is 0.339 e. The average molecular weight is 335 g/mol. The van der Waals surface area contributed by atoms with Gasteiger partial charge in [0.25, 0.3) is 0 Å². The van der Waals surface area contributed by atoms with Crippen LogP contribution in [0.4, 0.5) is 5.69 Å². The normalized spacial score (nSPS) is 11.8. The molecule has 6 nitrogen and oxygen atoms in total. The van der Waals surface area contributed by atoms with E-state index in [1.54, 1.807) is 55.8 Å². The van der Waals surface area contributed by atoms with Crippen molar-refractivity contribution in [1.82, 2.24) is 9.97 Å². The number of benzene rings is 1. The quantitative estimate of drug-likeness (QED) is 0.738. The third-order valence-electron chi connectivity index (χ3n) is 3.72. The predicted molar refractivity (Wildman–Crippen MR) is 94.1 cm³/mol. The Balaban J connectivity index is 1.81. The highest BCUT2D eigenvalue weighted by molar-refractivity contribution is 6.02. The van der Waals surface area contributed by atoms with Gasteiger partial charge in [0.15, 0.2) is 0 Å². The van der Waals surface area contributed by atoms with Crippen molar-refractivity contribution in [3.05, 3.63) is 66.1 Å². The van der Waals surface area contributed by atoms with Gasteiger partial charge in [0.05, 0.1) is 11.1 Å². The maximum atomic E-state index is 12.6. The van der Waals surface area contributed by atoms with Crippen LogP contribution < -0.4 is 5.32 Å². The lowest BCUT2D eigenvalue weighted by molar-refractivity contribution is -0.114. The van der Waals surface area contributed by atoms with Crippen molar-refractivity contribution in [2.75, 3.05) is 5.32 Å². The third-order valence-corrected chi connectivity index (χ3v) is 3.72. The first-order valence-electron chi connectivity index (χ1n) is 7.82. The monoisotopic (exact) mass is 335 g/mol. The largest absolute Gasteiger partial charge is 0.454 e. The average Bonchev–Trinajstić information content (AvgIpc) is 2.60. The van der Waals surface area contributed by atoms with Gasteiger partial charge in [-0.3, -0.25) is 14.8 Å². The Bertz CT molecular complexity index is 935. The number of pyridine rings is 2. The predicted octanol–water partition coefficient (Wildman–Crippen LogP) is 3.51. The van der Waals surface area contributed by atoms with Crippen molar-refractivity contribution in [2.24, 2.45) is 0 Å². The number of ether oxygens (including phenoxy) is 1. The standard InChI is InChI=1S/C19H17N3O3/c1-12(14-4-3-5-15(10-14)22-13(2)23)25-19(24)16-6-9-21-18-7-8-20-11-17(16)18/h3-12H,1-2H3,(H,22,23). The fourth-order valence-corrected chi connectivity index (χ4v) is 2.53. The Hall–Kier alpha value is -3.28. The van der Waals surface area contributed by atoms with Crippen LogP contribution in [0.5, 0.6) is 0 Å². The van der Waals surface area contributed by atoms with E-state index >= 15 is 0 Å². The molecule has 0 fully saturated rings. The first-order valence-corrected chi connectivity index (χ1v) is 7.82. The molecule has 0 bridgehead atoms. The summed E-state index contributed by atoms with van der Waals surface area (Å²) in [4.78, 5) is 32.0. The van der Waals surface area contributed by atoms with Gasteiger partial charge in [-0.15, -0.1) is 0 Å².